The molecule has 1 aliphatic rings. The van der Waals surface area contributed by atoms with Gasteiger partial charge < -0.3 is 4.90 Å². The summed E-state index contributed by atoms with van der Waals surface area (Å²) in [4.78, 5) is 17.0. The second-order valence-corrected chi connectivity index (χ2v) is 11.0. The highest BCUT2D eigenvalue weighted by Crippen LogP contribution is 2.29. The SMILES string of the molecule is CCC(C)N(CCC(=O)N1CCN(Cc2ccccc2)CC1)S(=O)(=O)c1cc(Cl)ccc1Cl. The predicted molar refractivity (Wildman–Crippen MR) is 133 cm³/mol. The zero-order valence-corrected chi connectivity index (χ0v) is 21.4. The molecule has 1 atom stereocenters. The van der Waals surface area contributed by atoms with E-state index in [1.165, 1.54) is 22.0 Å². The van der Waals surface area contributed by atoms with Crippen molar-refractivity contribution in [2.24, 2.45) is 0 Å². The van der Waals surface area contributed by atoms with Crippen LogP contribution in [0.3, 0.4) is 0 Å². The second kappa shape index (κ2) is 11.7. The van der Waals surface area contributed by atoms with Crippen molar-refractivity contribution in [1.29, 1.82) is 0 Å². The smallest absolute Gasteiger partial charge is 0.244 e. The van der Waals surface area contributed by atoms with Crippen LogP contribution in [0.2, 0.25) is 10.0 Å². The van der Waals surface area contributed by atoms with E-state index in [1.54, 1.807) is 6.07 Å². The zero-order chi connectivity index (χ0) is 24.0. The monoisotopic (exact) mass is 511 g/mol. The zero-order valence-electron chi connectivity index (χ0n) is 19.1. The van der Waals surface area contributed by atoms with Gasteiger partial charge >= 0.3 is 0 Å². The average molecular weight is 513 g/mol. The fourth-order valence-corrected chi connectivity index (χ4v) is 6.39. The van der Waals surface area contributed by atoms with Crippen LogP contribution in [0, 0.1) is 0 Å². The van der Waals surface area contributed by atoms with E-state index in [0.717, 1.165) is 19.6 Å². The quantitative estimate of drug-likeness (QED) is 0.496. The molecule has 0 spiro atoms. The van der Waals surface area contributed by atoms with Crippen molar-refractivity contribution in [1.82, 2.24) is 14.1 Å². The summed E-state index contributed by atoms with van der Waals surface area (Å²) in [5.41, 5.74) is 1.26. The summed E-state index contributed by atoms with van der Waals surface area (Å²) in [6.07, 6.45) is 0.740. The molecule has 1 unspecified atom stereocenters. The van der Waals surface area contributed by atoms with E-state index < -0.39 is 10.0 Å². The second-order valence-electron chi connectivity index (χ2n) is 8.34. The van der Waals surface area contributed by atoms with Gasteiger partial charge in [0.1, 0.15) is 4.90 Å². The number of rotatable bonds is 9. The van der Waals surface area contributed by atoms with Gasteiger partial charge in [0.25, 0.3) is 0 Å². The lowest BCUT2D eigenvalue weighted by atomic mass is 10.2. The Bertz CT molecular complexity index is 1040. The number of benzene rings is 2. The first-order chi connectivity index (χ1) is 15.7. The molecule has 1 saturated heterocycles. The Balaban J connectivity index is 1.61. The minimum absolute atomic E-state index is 0.0288. The van der Waals surface area contributed by atoms with Gasteiger partial charge in [-0.3, -0.25) is 9.69 Å². The Hall–Kier alpha value is -1.64. The fourth-order valence-electron chi connectivity index (χ4n) is 3.94. The summed E-state index contributed by atoms with van der Waals surface area (Å²) in [5.74, 6) is -0.0324. The van der Waals surface area contributed by atoms with Gasteiger partial charge in [0.05, 0.1) is 5.02 Å². The predicted octanol–water partition coefficient (Wildman–Crippen LogP) is 4.52. The lowest BCUT2D eigenvalue weighted by Crippen LogP contribution is -2.49. The molecule has 9 heteroatoms. The maximum absolute atomic E-state index is 13.4. The van der Waals surface area contributed by atoms with Crippen LogP contribution in [0.15, 0.2) is 53.4 Å². The number of sulfonamides is 1. The molecule has 0 saturated carbocycles. The maximum atomic E-state index is 13.4. The molecule has 0 N–H and O–H groups in total. The molecule has 1 heterocycles. The first-order valence-electron chi connectivity index (χ1n) is 11.2. The summed E-state index contributed by atoms with van der Waals surface area (Å²) in [7, 11) is -3.90. The van der Waals surface area contributed by atoms with Crippen LogP contribution in [0.5, 0.6) is 0 Å². The summed E-state index contributed by atoms with van der Waals surface area (Å²) in [6.45, 7) is 7.60. The summed E-state index contributed by atoms with van der Waals surface area (Å²) >= 11 is 12.2. The molecular weight excluding hydrogens is 481 g/mol. The third kappa shape index (κ3) is 6.70. The minimum Gasteiger partial charge on any atom is -0.340 e. The number of piperazine rings is 1. The summed E-state index contributed by atoms with van der Waals surface area (Å²) in [6, 6.07) is 14.4. The third-order valence-corrected chi connectivity index (χ3v) is 8.81. The van der Waals surface area contributed by atoms with Crippen LogP contribution < -0.4 is 0 Å². The lowest BCUT2D eigenvalue weighted by Gasteiger charge is -2.35. The molecule has 2 aromatic carbocycles. The molecule has 0 aromatic heterocycles. The molecule has 3 rings (SSSR count). The largest absolute Gasteiger partial charge is 0.340 e. The number of amides is 1. The Labute approximate surface area is 207 Å². The first-order valence-corrected chi connectivity index (χ1v) is 13.4. The maximum Gasteiger partial charge on any atom is 0.244 e. The number of carbonyl (C=O) groups excluding carboxylic acids is 1. The highest BCUT2D eigenvalue weighted by molar-refractivity contribution is 7.89. The molecular formula is C24H31Cl2N3O3S. The molecule has 180 valence electrons. The van der Waals surface area contributed by atoms with Crippen LogP contribution in [-0.2, 0) is 21.4 Å². The van der Waals surface area contributed by atoms with E-state index in [4.69, 9.17) is 23.2 Å². The number of hydrogen-bond acceptors (Lipinski definition) is 4. The van der Waals surface area contributed by atoms with Crippen molar-refractivity contribution in [2.75, 3.05) is 32.7 Å². The van der Waals surface area contributed by atoms with Crippen molar-refractivity contribution in [3.63, 3.8) is 0 Å². The van der Waals surface area contributed by atoms with Gasteiger partial charge in [-0.25, -0.2) is 8.42 Å². The molecule has 2 aromatic rings. The van der Waals surface area contributed by atoms with Crippen LogP contribution in [0.25, 0.3) is 0 Å². The molecule has 1 fully saturated rings. The highest BCUT2D eigenvalue weighted by atomic mass is 35.5. The van der Waals surface area contributed by atoms with E-state index >= 15 is 0 Å². The minimum atomic E-state index is -3.90. The molecule has 0 radical (unpaired) electrons. The molecule has 0 bridgehead atoms. The summed E-state index contributed by atoms with van der Waals surface area (Å²) in [5, 5.41) is 0.417. The Morgan fingerprint density at radius 3 is 2.36 bits per heavy atom. The van der Waals surface area contributed by atoms with Crippen molar-refractivity contribution in [3.05, 3.63) is 64.1 Å². The van der Waals surface area contributed by atoms with Crippen molar-refractivity contribution >= 4 is 39.1 Å². The van der Waals surface area contributed by atoms with Gasteiger partial charge in [-0.05, 0) is 37.1 Å². The van der Waals surface area contributed by atoms with E-state index in [9.17, 15) is 13.2 Å². The van der Waals surface area contributed by atoms with E-state index in [2.05, 4.69) is 17.0 Å². The third-order valence-electron chi connectivity index (χ3n) is 6.08. The molecule has 0 aliphatic carbocycles. The van der Waals surface area contributed by atoms with E-state index in [0.29, 0.717) is 24.5 Å². The Kier molecular flexibility index (Phi) is 9.18. The van der Waals surface area contributed by atoms with Gasteiger partial charge in [0.2, 0.25) is 15.9 Å². The van der Waals surface area contributed by atoms with Crippen LogP contribution in [0.4, 0.5) is 0 Å². The number of halogens is 2. The first kappa shape index (κ1) is 26.0. The fraction of sp³-hybridized carbons (Fsp3) is 0.458. The lowest BCUT2D eigenvalue weighted by molar-refractivity contribution is -0.133. The van der Waals surface area contributed by atoms with E-state index in [-0.39, 0.29) is 34.8 Å². The molecule has 6 nitrogen and oxygen atoms in total. The Morgan fingerprint density at radius 1 is 1.06 bits per heavy atom. The van der Waals surface area contributed by atoms with Crippen LogP contribution >= 0.6 is 23.2 Å². The standard InChI is InChI=1S/C24H31Cl2N3O3S/c1-3-19(2)29(33(31,32)23-17-21(25)9-10-22(23)26)12-11-24(30)28-15-13-27(14-16-28)18-20-7-5-4-6-8-20/h4-10,17,19H,3,11-16,18H2,1-2H3. The van der Waals surface area contributed by atoms with Gasteiger partial charge in [0, 0.05) is 56.8 Å². The number of hydrogen-bond donors (Lipinski definition) is 0. The summed E-state index contributed by atoms with van der Waals surface area (Å²) < 4.78 is 28.1. The van der Waals surface area contributed by atoms with Crippen molar-refractivity contribution in [2.45, 2.75) is 44.2 Å². The highest BCUT2D eigenvalue weighted by Gasteiger charge is 2.31. The average Bonchev–Trinajstić information content (AvgIpc) is 2.81. The Morgan fingerprint density at radius 2 is 1.73 bits per heavy atom. The van der Waals surface area contributed by atoms with E-state index in [1.807, 2.05) is 36.9 Å². The number of carbonyl (C=O) groups is 1. The van der Waals surface area contributed by atoms with Gasteiger partial charge in [0.15, 0.2) is 0 Å². The molecule has 1 amide bonds. The van der Waals surface area contributed by atoms with Crippen molar-refractivity contribution in [3.8, 4) is 0 Å². The molecule has 1 aliphatic heterocycles. The number of nitrogens with zero attached hydrogens (tertiary/aromatic N) is 3. The van der Waals surface area contributed by atoms with Gasteiger partial charge in [-0.15, -0.1) is 0 Å². The molecule has 33 heavy (non-hydrogen) atoms. The van der Waals surface area contributed by atoms with Crippen LogP contribution in [-0.4, -0.2) is 67.2 Å². The normalized spacial score (nSPS) is 16.2. The van der Waals surface area contributed by atoms with Crippen LogP contribution in [0.1, 0.15) is 32.3 Å². The van der Waals surface area contributed by atoms with Gasteiger partial charge in [-0.1, -0.05) is 60.5 Å². The van der Waals surface area contributed by atoms with Crippen molar-refractivity contribution < 1.29 is 13.2 Å². The van der Waals surface area contributed by atoms with Gasteiger partial charge in [-0.2, -0.15) is 4.31 Å². The topological polar surface area (TPSA) is 60.9 Å².